The number of hydrogen-bond donors (Lipinski definition) is 1. The molecule has 1 heterocycles. The van der Waals surface area contributed by atoms with E-state index in [1.807, 2.05) is 24.3 Å². The number of nitrogens with two attached hydrogens (primary N) is 1. The maximum Gasteiger partial charge on any atom is 0.119 e. The Kier molecular flexibility index (Phi) is 6.30. The Labute approximate surface area is 121 Å². The quantitative estimate of drug-likeness (QED) is 0.775. The van der Waals surface area contributed by atoms with E-state index in [1.165, 1.54) is 25.8 Å². The van der Waals surface area contributed by atoms with Crippen LogP contribution in [0.4, 0.5) is 0 Å². The summed E-state index contributed by atoms with van der Waals surface area (Å²) in [4.78, 5) is 2.40. The fourth-order valence-electron chi connectivity index (χ4n) is 2.51. The van der Waals surface area contributed by atoms with Crippen molar-refractivity contribution in [3.8, 4) is 5.75 Å². The van der Waals surface area contributed by atoms with Gasteiger partial charge in [0.1, 0.15) is 12.4 Å². The van der Waals surface area contributed by atoms with Crippen molar-refractivity contribution >= 4 is 0 Å². The Hall–Kier alpha value is -1.10. The van der Waals surface area contributed by atoms with Crippen LogP contribution in [0.25, 0.3) is 0 Å². The molecule has 1 saturated heterocycles. The molecule has 0 aromatic heterocycles. The predicted molar refractivity (Wildman–Crippen MR) is 80.9 cm³/mol. The predicted octanol–water partition coefficient (Wildman–Crippen LogP) is 2.02. The smallest absolute Gasteiger partial charge is 0.119 e. The number of ether oxygens (including phenoxy) is 2. The largest absolute Gasteiger partial charge is 0.491 e. The third-order valence-corrected chi connectivity index (χ3v) is 3.89. The van der Waals surface area contributed by atoms with Crippen molar-refractivity contribution in [1.29, 1.82) is 0 Å². The summed E-state index contributed by atoms with van der Waals surface area (Å²) in [5.74, 6) is 0.876. The number of nitrogens with zero attached hydrogens (tertiary/aromatic N) is 1. The lowest BCUT2D eigenvalue weighted by molar-refractivity contribution is 0.0391. The molecule has 0 radical (unpaired) electrons. The van der Waals surface area contributed by atoms with Crippen molar-refractivity contribution in [2.24, 2.45) is 5.73 Å². The van der Waals surface area contributed by atoms with Gasteiger partial charge in [0.25, 0.3) is 0 Å². The molecule has 1 aliphatic heterocycles. The van der Waals surface area contributed by atoms with Crippen LogP contribution in [0.1, 0.15) is 24.8 Å². The molecule has 0 aliphatic carbocycles. The lowest BCUT2D eigenvalue weighted by Gasteiger charge is -2.32. The molecule has 20 heavy (non-hydrogen) atoms. The molecule has 1 atom stereocenters. The van der Waals surface area contributed by atoms with Crippen LogP contribution in [-0.2, 0) is 11.3 Å². The molecule has 0 saturated carbocycles. The van der Waals surface area contributed by atoms with Gasteiger partial charge in [-0.2, -0.15) is 0 Å². The van der Waals surface area contributed by atoms with Crippen LogP contribution < -0.4 is 10.5 Å². The summed E-state index contributed by atoms with van der Waals surface area (Å²) < 4.78 is 11.4. The maximum atomic E-state index is 5.72. The van der Waals surface area contributed by atoms with Crippen LogP contribution in [0.5, 0.6) is 5.75 Å². The van der Waals surface area contributed by atoms with E-state index in [0.29, 0.717) is 25.8 Å². The van der Waals surface area contributed by atoms with Gasteiger partial charge in [-0.15, -0.1) is 0 Å². The molecule has 4 nitrogen and oxygen atoms in total. The van der Waals surface area contributed by atoms with E-state index in [-0.39, 0.29) is 0 Å². The molecular formula is C16H26N2O2. The van der Waals surface area contributed by atoms with E-state index >= 15 is 0 Å². The first kappa shape index (κ1) is 15.3. The molecule has 1 unspecified atom stereocenters. The second-order valence-electron chi connectivity index (χ2n) is 5.40. The molecule has 1 aliphatic rings. The summed E-state index contributed by atoms with van der Waals surface area (Å²) in [6.07, 6.45) is 3.88. The highest BCUT2D eigenvalue weighted by Crippen LogP contribution is 2.15. The molecule has 4 heteroatoms. The second kappa shape index (κ2) is 8.25. The van der Waals surface area contributed by atoms with Gasteiger partial charge >= 0.3 is 0 Å². The van der Waals surface area contributed by atoms with Crippen molar-refractivity contribution in [2.45, 2.75) is 31.8 Å². The second-order valence-corrected chi connectivity index (χ2v) is 5.40. The summed E-state index contributed by atoms with van der Waals surface area (Å²) in [5, 5.41) is 0. The van der Waals surface area contributed by atoms with Crippen LogP contribution >= 0.6 is 0 Å². The Morgan fingerprint density at radius 1 is 1.20 bits per heavy atom. The van der Waals surface area contributed by atoms with Gasteiger partial charge in [0.2, 0.25) is 0 Å². The molecule has 112 valence electrons. The minimum atomic E-state index is 0.568. The minimum absolute atomic E-state index is 0.568. The van der Waals surface area contributed by atoms with E-state index in [9.17, 15) is 0 Å². The van der Waals surface area contributed by atoms with Crippen molar-refractivity contribution in [3.63, 3.8) is 0 Å². The zero-order valence-electron chi connectivity index (χ0n) is 12.4. The highest BCUT2D eigenvalue weighted by molar-refractivity contribution is 5.26. The first-order valence-electron chi connectivity index (χ1n) is 7.49. The van der Waals surface area contributed by atoms with Crippen LogP contribution in [-0.4, -0.2) is 44.4 Å². The fourth-order valence-corrected chi connectivity index (χ4v) is 2.51. The van der Waals surface area contributed by atoms with Gasteiger partial charge < -0.3 is 20.1 Å². The number of piperidine rings is 1. The third-order valence-electron chi connectivity index (χ3n) is 3.89. The van der Waals surface area contributed by atoms with Crippen LogP contribution in [0, 0.1) is 0 Å². The van der Waals surface area contributed by atoms with E-state index in [2.05, 4.69) is 11.9 Å². The first-order chi connectivity index (χ1) is 9.79. The summed E-state index contributed by atoms with van der Waals surface area (Å²) in [6, 6.07) is 8.47. The van der Waals surface area contributed by atoms with Crippen molar-refractivity contribution in [3.05, 3.63) is 29.8 Å². The van der Waals surface area contributed by atoms with Crippen LogP contribution in [0.15, 0.2) is 24.3 Å². The van der Waals surface area contributed by atoms with Gasteiger partial charge in [-0.25, -0.2) is 0 Å². The van der Waals surface area contributed by atoms with E-state index < -0.39 is 0 Å². The average Bonchev–Trinajstić information content (AvgIpc) is 2.49. The highest BCUT2D eigenvalue weighted by atomic mass is 16.5. The normalized spacial score (nSPS) is 20.0. The van der Waals surface area contributed by atoms with E-state index in [0.717, 1.165) is 17.9 Å². The SMILES string of the molecule is CN1CCCCC1COCCOc1ccc(CN)cc1. The fraction of sp³-hybridized carbons (Fsp3) is 0.625. The molecule has 1 aromatic carbocycles. The number of likely N-dealkylation sites (tertiary alicyclic amines) is 1. The number of likely N-dealkylation sites (N-methyl/N-ethyl adjacent to an activating group) is 1. The Morgan fingerprint density at radius 3 is 2.70 bits per heavy atom. The molecule has 0 bridgehead atoms. The molecule has 0 spiro atoms. The molecule has 2 N–H and O–H groups in total. The Bertz CT molecular complexity index is 381. The topological polar surface area (TPSA) is 47.7 Å². The molecule has 0 amide bonds. The first-order valence-corrected chi connectivity index (χ1v) is 7.49. The molecular weight excluding hydrogens is 252 g/mol. The molecule has 1 aromatic rings. The summed E-state index contributed by atoms with van der Waals surface area (Å²) in [7, 11) is 2.18. The standard InChI is InChI=1S/C16H26N2O2/c1-18-9-3-2-4-15(18)13-19-10-11-20-16-7-5-14(12-17)6-8-16/h5-8,15H,2-4,9-13,17H2,1H3. The Morgan fingerprint density at radius 2 is 2.00 bits per heavy atom. The zero-order valence-corrected chi connectivity index (χ0v) is 12.4. The average molecular weight is 278 g/mol. The molecule has 1 fully saturated rings. The maximum absolute atomic E-state index is 5.72. The minimum Gasteiger partial charge on any atom is -0.491 e. The van der Waals surface area contributed by atoms with Crippen molar-refractivity contribution in [1.82, 2.24) is 4.90 Å². The van der Waals surface area contributed by atoms with Gasteiger partial charge in [0.05, 0.1) is 13.2 Å². The number of benzene rings is 1. The van der Waals surface area contributed by atoms with Gasteiger partial charge in [-0.3, -0.25) is 0 Å². The highest BCUT2D eigenvalue weighted by Gasteiger charge is 2.18. The third kappa shape index (κ3) is 4.78. The lowest BCUT2D eigenvalue weighted by Crippen LogP contribution is -2.39. The Balaban J connectivity index is 1.58. The summed E-state index contributed by atoms with van der Waals surface area (Å²) in [5.41, 5.74) is 6.68. The van der Waals surface area contributed by atoms with Crippen LogP contribution in [0.3, 0.4) is 0 Å². The van der Waals surface area contributed by atoms with E-state index in [4.69, 9.17) is 15.2 Å². The van der Waals surface area contributed by atoms with Gasteiger partial charge in [0, 0.05) is 12.6 Å². The van der Waals surface area contributed by atoms with Crippen molar-refractivity contribution in [2.75, 3.05) is 33.4 Å². The zero-order chi connectivity index (χ0) is 14.2. The van der Waals surface area contributed by atoms with Crippen LogP contribution in [0.2, 0.25) is 0 Å². The monoisotopic (exact) mass is 278 g/mol. The number of hydrogen-bond acceptors (Lipinski definition) is 4. The summed E-state index contributed by atoms with van der Waals surface area (Å²) >= 11 is 0. The van der Waals surface area contributed by atoms with Gasteiger partial charge in [-0.1, -0.05) is 18.6 Å². The lowest BCUT2D eigenvalue weighted by atomic mass is 10.0. The van der Waals surface area contributed by atoms with Gasteiger partial charge in [0.15, 0.2) is 0 Å². The number of rotatable bonds is 7. The van der Waals surface area contributed by atoms with E-state index in [1.54, 1.807) is 0 Å². The van der Waals surface area contributed by atoms with Gasteiger partial charge in [-0.05, 0) is 44.1 Å². The van der Waals surface area contributed by atoms with Crippen molar-refractivity contribution < 1.29 is 9.47 Å². The molecule has 2 rings (SSSR count). The summed E-state index contributed by atoms with van der Waals surface area (Å²) in [6.45, 7) is 3.81.